The number of nitrogens with one attached hydrogen (secondary N) is 2. The number of benzene rings is 1. The summed E-state index contributed by atoms with van der Waals surface area (Å²) in [6.45, 7) is 5.19. The van der Waals surface area contributed by atoms with Crippen LogP contribution in [-0.2, 0) is 0 Å². The SMILES string of the molecule is CC(C)COc1ccc(Br)cc1C(=O)NC(=S)NCCCO. The highest BCUT2D eigenvalue weighted by atomic mass is 79.9. The van der Waals surface area contributed by atoms with Crippen LogP contribution in [0, 0.1) is 5.92 Å². The molecule has 0 unspecified atom stereocenters. The normalized spacial score (nSPS) is 10.4. The molecule has 3 N–H and O–H groups in total. The van der Waals surface area contributed by atoms with E-state index in [2.05, 4.69) is 26.6 Å². The molecule has 1 amide bonds. The van der Waals surface area contributed by atoms with Gasteiger partial charge in [-0.25, -0.2) is 0 Å². The monoisotopic (exact) mass is 388 g/mol. The number of thiocarbonyl (C=S) groups is 1. The van der Waals surface area contributed by atoms with Gasteiger partial charge in [0.1, 0.15) is 5.75 Å². The molecule has 0 saturated heterocycles. The van der Waals surface area contributed by atoms with Gasteiger partial charge >= 0.3 is 0 Å². The molecule has 0 saturated carbocycles. The molecule has 1 aromatic carbocycles. The van der Waals surface area contributed by atoms with Crippen LogP contribution < -0.4 is 15.4 Å². The van der Waals surface area contributed by atoms with Crippen LogP contribution in [-0.4, -0.2) is 35.9 Å². The molecule has 7 heteroatoms. The van der Waals surface area contributed by atoms with Crippen LogP contribution in [0.15, 0.2) is 22.7 Å². The number of ether oxygens (including phenoxy) is 1. The molecule has 5 nitrogen and oxygen atoms in total. The fraction of sp³-hybridized carbons (Fsp3) is 0.467. The van der Waals surface area contributed by atoms with Crippen LogP contribution in [0.5, 0.6) is 5.75 Å². The van der Waals surface area contributed by atoms with Crippen molar-refractivity contribution < 1.29 is 14.6 Å². The fourth-order valence-electron chi connectivity index (χ4n) is 1.56. The highest BCUT2D eigenvalue weighted by molar-refractivity contribution is 9.10. The standard InChI is InChI=1S/C15H21BrN2O3S/c1-10(2)9-21-13-5-4-11(16)8-12(13)14(20)18-15(22)17-6-3-7-19/h4-5,8,10,19H,3,6-7,9H2,1-2H3,(H2,17,18,20,22). The molecule has 0 aromatic heterocycles. The second-order valence-electron chi connectivity index (χ2n) is 5.13. The van der Waals surface area contributed by atoms with Gasteiger partial charge in [-0.15, -0.1) is 0 Å². The van der Waals surface area contributed by atoms with E-state index in [1.807, 2.05) is 19.9 Å². The Morgan fingerprint density at radius 3 is 2.82 bits per heavy atom. The van der Waals surface area contributed by atoms with Gasteiger partial charge in [0, 0.05) is 17.6 Å². The Kier molecular flexibility index (Phi) is 8.37. The summed E-state index contributed by atoms with van der Waals surface area (Å²) in [7, 11) is 0. The first-order chi connectivity index (χ1) is 10.4. The Morgan fingerprint density at radius 1 is 1.45 bits per heavy atom. The molecule has 1 rings (SSSR count). The van der Waals surface area contributed by atoms with Crippen LogP contribution >= 0.6 is 28.1 Å². The molecule has 22 heavy (non-hydrogen) atoms. The maximum Gasteiger partial charge on any atom is 0.261 e. The van der Waals surface area contributed by atoms with Crippen LogP contribution in [0.25, 0.3) is 0 Å². The lowest BCUT2D eigenvalue weighted by molar-refractivity contribution is 0.0972. The van der Waals surface area contributed by atoms with Crippen molar-refractivity contribution in [3.8, 4) is 5.75 Å². The predicted molar refractivity (Wildman–Crippen MR) is 94.2 cm³/mol. The molecule has 1 aromatic rings. The molecule has 0 atom stereocenters. The fourth-order valence-corrected chi connectivity index (χ4v) is 2.11. The van der Waals surface area contributed by atoms with Crippen molar-refractivity contribution in [1.82, 2.24) is 10.6 Å². The van der Waals surface area contributed by atoms with Crippen LogP contribution in [0.1, 0.15) is 30.6 Å². The molecule has 122 valence electrons. The van der Waals surface area contributed by atoms with Gasteiger partial charge in [0.15, 0.2) is 5.11 Å². The van der Waals surface area contributed by atoms with E-state index in [-0.39, 0.29) is 17.6 Å². The first-order valence-electron chi connectivity index (χ1n) is 7.06. The third-order valence-corrected chi connectivity index (χ3v) is 3.35. The number of hydrogen-bond acceptors (Lipinski definition) is 4. The van der Waals surface area contributed by atoms with Gasteiger partial charge < -0.3 is 15.2 Å². The van der Waals surface area contributed by atoms with Crippen LogP contribution in [0.3, 0.4) is 0 Å². The Hall–Kier alpha value is -1.18. The molecular weight excluding hydrogens is 368 g/mol. The molecule has 0 spiro atoms. The Morgan fingerprint density at radius 2 is 2.18 bits per heavy atom. The van der Waals surface area contributed by atoms with Crippen molar-refractivity contribution in [2.24, 2.45) is 5.92 Å². The Balaban J connectivity index is 2.74. The van der Waals surface area contributed by atoms with Crippen molar-refractivity contribution in [3.05, 3.63) is 28.2 Å². The molecule has 0 heterocycles. The lowest BCUT2D eigenvalue weighted by atomic mass is 10.2. The summed E-state index contributed by atoms with van der Waals surface area (Å²) in [5.74, 6) is 0.551. The number of amides is 1. The summed E-state index contributed by atoms with van der Waals surface area (Å²) in [6, 6.07) is 5.27. The van der Waals surface area contributed by atoms with E-state index in [0.29, 0.717) is 36.8 Å². The molecule has 0 aliphatic rings. The van der Waals surface area contributed by atoms with Crippen molar-refractivity contribution >= 4 is 39.2 Å². The van der Waals surface area contributed by atoms with Gasteiger partial charge in [-0.2, -0.15) is 0 Å². The van der Waals surface area contributed by atoms with Gasteiger partial charge in [-0.05, 0) is 42.8 Å². The minimum Gasteiger partial charge on any atom is -0.492 e. The molecule has 0 aliphatic carbocycles. The maximum atomic E-state index is 12.3. The van der Waals surface area contributed by atoms with Gasteiger partial charge in [-0.3, -0.25) is 10.1 Å². The summed E-state index contributed by atoms with van der Waals surface area (Å²) in [5, 5.41) is 14.4. The maximum absolute atomic E-state index is 12.3. The average molecular weight is 389 g/mol. The number of aliphatic hydroxyl groups is 1. The summed E-state index contributed by atoms with van der Waals surface area (Å²) in [5.41, 5.74) is 0.418. The largest absolute Gasteiger partial charge is 0.492 e. The lowest BCUT2D eigenvalue weighted by Crippen LogP contribution is -2.40. The Labute approximate surface area is 144 Å². The second-order valence-corrected chi connectivity index (χ2v) is 6.46. The molecule has 0 fully saturated rings. The zero-order valence-electron chi connectivity index (χ0n) is 12.7. The minimum absolute atomic E-state index is 0.0718. The van der Waals surface area contributed by atoms with E-state index in [1.54, 1.807) is 12.1 Å². The van der Waals surface area contributed by atoms with Gasteiger partial charge in [0.25, 0.3) is 5.91 Å². The van der Waals surface area contributed by atoms with E-state index in [4.69, 9.17) is 22.1 Å². The number of halogens is 1. The average Bonchev–Trinajstić information content (AvgIpc) is 2.46. The quantitative estimate of drug-likeness (QED) is 0.494. The molecule has 0 radical (unpaired) electrons. The van der Waals surface area contributed by atoms with Crippen molar-refractivity contribution in [1.29, 1.82) is 0 Å². The van der Waals surface area contributed by atoms with E-state index in [0.717, 1.165) is 4.47 Å². The zero-order chi connectivity index (χ0) is 16.5. The predicted octanol–water partition coefficient (Wildman–Crippen LogP) is 2.47. The summed E-state index contributed by atoms with van der Waals surface area (Å²) in [6.07, 6.45) is 0.565. The van der Waals surface area contributed by atoms with Crippen LogP contribution in [0.4, 0.5) is 0 Å². The number of aliphatic hydroxyl groups excluding tert-OH is 1. The van der Waals surface area contributed by atoms with Gasteiger partial charge in [-0.1, -0.05) is 29.8 Å². The minimum atomic E-state index is -0.332. The molecule has 0 aliphatic heterocycles. The third kappa shape index (κ3) is 6.72. The smallest absolute Gasteiger partial charge is 0.261 e. The number of hydrogen-bond donors (Lipinski definition) is 3. The van der Waals surface area contributed by atoms with E-state index in [9.17, 15) is 4.79 Å². The second kappa shape index (κ2) is 9.76. The first-order valence-corrected chi connectivity index (χ1v) is 8.26. The summed E-state index contributed by atoms with van der Waals surface area (Å²) in [4.78, 5) is 12.3. The summed E-state index contributed by atoms with van der Waals surface area (Å²) < 4.78 is 6.46. The van der Waals surface area contributed by atoms with Gasteiger partial charge in [0.2, 0.25) is 0 Å². The van der Waals surface area contributed by atoms with Crippen molar-refractivity contribution in [2.75, 3.05) is 19.8 Å². The van der Waals surface area contributed by atoms with Gasteiger partial charge in [0.05, 0.1) is 12.2 Å². The van der Waals surface area contributed by atoms with E-state index >= 15 is 0 Å². The van der Waals surface area contributed by atoms with E-state index in [1.165, 1.54) is 0 Å². The number of rotatable bonds is 7. The number of carbonyl (C=O) groups is 1. The summed E-state index contributed by atoms with van der Waals surface area (Å²) >= 11 is 8.40. The number of carbonyl (C=O) groups excluding carboxylic acids is 1. The zero-order valence-corrected chi connectivity index (χ0v) is 15.1. The third-order valence-electron chi connectivity index (χ3n) is 2.61. The van der Waals surface area contributed by atoms with Crippen molar-refractivity contribution in [3.63, 3.8) is 0 Å². The van der Waals surface area contributed by atoms with Crippen LogP contribution in [0.2, 0.25) is 0 Å². The topological polar surface area (TPSA) is 70.6 Å². The highest BCUT2D eigenvalue weighted by Gasteiger charge is 2.15. The van der Waals surface area contributed by atoms with Crippen molar-refractivity contribution in [2.45, 2.75) is 20.3 Å². The Bertz CT molecular complexity index is 524. The van der Waals surface area contributed by atoms with E-state index < -0.39 is 0 Å². The first kappa shape index (κ1) is 18.9. The molecular formula is C15H21BrN2O3S. The lowest BCUT2D eigenvalue weighted by Gasteiger charge is -2.14. The molecule has 0 bridgehead atoms. The highest BCUT2D eigenvalue weighted by Crippen LogP contribution is 2.23.